The third-order valence-electron chi connectivity index (χ3n) is 4.87. The van der Waals surface area contributed by atoms with Crippen molar-refractivity contribution in [3.8, 4) is 0 Å². The number of anilines is 1. The molecule has 0 aliphatic rings. The van der Waals surface area contributed by atoms with E-state index in [2.05, 4.69) is 15.4 Å². The number of carbonyl (C=O) groups excluding carboxylic acids is 1. The number of carbonyl (C=O) groups is 1. The van der Waals surface area contributed by atoms with Crippen molar-refractivity contribution in [1.82, 2.24) is 15.4 Å². The van der Waals surface area contributed by atoms with Gasteiger partial charge in [-0.1, -0.05) is 30.7 Å². The monoisotopic (exact) mass is 435 g/mol. The van der Waals surface area contributed by atoms with Crippen LogP contribution < -0.4 is 26.0 Å². The lowest BCUT2D eigenvalue weighted by Gasteiger charge is -2.20. The Bertz CT molecular complexity index is 947. The minimum atomic E-state index is -3.92. The summed E-state index contributed by atoms with van der Waals surface area (Å²) in [6.07, 6.45) is 1.77. The third-order valence-corrected chi connectivity index (χ3v) is 6.40. The molecule has 166 valence electrons. The Kier molecular flexibility index (Phi) is 9.04. The zero-order valence-electron chi connectivity index (χ0n) is 17.9. The summed E-state index contributed by atoms with van der Waals surface area (Å²) in [6, 6.07) is 9.89. The summed E-state index contributed by atoms with van der Waals surface area (Å²) in [5, 5.41) is 7.18. The van der Waals surface area contributed by atoms with E-state index in [0.29, 0.717) is 37.9 Å². The molecule has 1 amide bonds. The molecule has 0 bridgehead atoms. The maximum Gasteiger partial charge on any atom is 0.241 e. The topological polar surface area (TPSA) is 117 Å². The minimum Gasteiger partial charge on any atom is -0.377 e. The molecule has 0 saturated carbocycles. The molecule has 9 heteroatoms. The van der Waals surface area contributed by atoms with E-state index in [0.717, 1.165) is 17.5 Å². The molecule has 0 saturated heterocycles. The fraction of sp³-hybridized carbons (Fsp3) is 0.476. The molecule has 0 heterocycles. The van der Waals surface area contributed by atoms with Crippen molar-refractivity contribution in [3.63, 3.8) is 0 Å². The Morgan fingerprint density at radius 1 is 1.07 bits per heavy atom. The summed E-state index contributed by atoms with van der Waals surface area (Å²) in [7, 11) is 1.70. The average Bonchev–Trinajstić information content (AvgIpc) is 2.72. The Hall–Kier alpha value is -2.20. The predicted molar refractivity (Wildman–Crippen MR) is 122 cm³/mol. The van der Waals surface area contributed by atoms with Crippen LogP contribution in [0.4, 0.5) is 5.69 Å². The molecular formula is C21H33N5O3S. The average molecular weight is 436 g/mol. The molecule has 0 aromatic heterocycles. The van der Waals surface area contributed by atoms with Crippen LogP contribution in [-0.2, 0) is 14.8 Å². The summed E-state index contributed by atoms with van der Waals surface area (Å²) in [5.41, 5.74) is 6.48. The summed E-state index contributed by atoms with van der Waals surface area (Å²) < 4.78 is 29.1. The first-order valence-corrected chi connectivity index (χ1v) is 11.6. The van der Waals surface area contributed by atoms with Gasteiger partial charge >= 0.3 is 0 Å². The van der Waals surface area contributed by atoms with Gasteiger partial charge in [0, 0.05) is 43.6 Å². The number of rotatable bonds is 12. The van der Waals surface area contributed by atoms with Crippen LogP contribution in [0.3, 0.4) is 0 Å². The number of nitrogens with zero attached hydrogens (tertiary/aromatic N) is 1. The van der Waals surface area contributed by atoms with E-state index in [1.54, 1.807) is 25.2 Å². The van der Waals surface area contributed by atoms with Crippen molar-refractivity contribution in [2.24, 2.45) is 5.73 Å². The highest BCUT2D eigenvalue weighted by molar-refractivity contribution is 7.89. The maximum atomic E-state index is 13.3. The van der Waals surface area contributed by atoms with Crippen LogP contribution in [0.5, 0.6) is 0 Å². The van der Waals surface area contributed by atoms with Gasteiger partial charge in [0.05, 0.1) is 4.90 Å². The highest BCUT2D eigenvalue weighted by Gasteiger charge is 2.26. The van der Waals surface area contributed by atoms with Gasteiger partial charge in [-0.15, -0.1) is 0 Å². The molecule has 0 aliphatic heterocycles. The summed E-state index contributed by atoms with van der Waals surface area (Å²) >= 11 is 0. The van der Waals surface area contributed by atoms with Gasteiger partial charge in [0.15, 0.2) is 0 Å². The van der Waals surface area contributed by atoms with Crippen LogP contribution in [0.1, 0.15) is 19.3 Å². The second kappa shape index (κ2) is 11.3. The molecule has 0 unspecified atom stereocenters. The van der Waals surface area contributed by atoms with Crippen molar-refractivity contribution in [3.05, 3.63) is 36.4 Å². The molecule has 2 rings (SSSR count). The highest BCUT2D eigenvalue weighted by atomic mass is 32.2. The molecule has 0 fully saturated rings. The lowest BCUT2D eigenvalue weighted by molar-refractivity contribution is -0.122. The number of sulfonamides is 1. The zero-order valence-corrected chi connectivity index (χ0v) is 18.8. The normalized spacial score (nSPS) is 12.7. The fourth-order valence-electron chi connectivity index (χ4n) is 3.31. The number of nitrogens with one attached hydrogen (secondary N) is 3. The SMILES string of the molecule is CNCCNC(=O)[C@@H](CCCCN)NS(=O)(=O)c1cccc2c(N(C)C)cccc12. The number of nitrogens with two attached hydrogens (primary N) is 1. The molecule has 5 N–H and O–H groups in total. The van der Waals surface area contributed by atoms with Gasteiger partial charge in [-0.3, -0.25) is 4.79 Å². The third kappa shape index (κ3) is 6.15. The molecule has 0 radical (unpaired) electrons. The van der Waals surface area contributed by atoms with E-state index in [-0.39, 0.29) is 10.8 Å². The minimum absolute atomic E-state index is 0.163. The van der Waals surface area contributed by atoms with Crippen molar-refractivity contribution in [2.75, 3.05) is 45.7 Å². The van der Waals surface area contributed by atoms with Gasteiger partial charge < -0.3 is 21.3 Å². The number of hydrogen-bond donors (Lipinski definition) is 4. The van der Waals surface area contributed by atoms with Crippen LogP contribution >= 0.6 is 0 Å². The van der Waals surface area contributed by atoms with Gasteiger partial charge in [0.25, 0.3) is 0 Å². The largest absolute Gasteiger partial charge is 0.377 e. The van der Waals surface area contributed by atoms with Gasteiger partial charge in [0.1, 0.15) is 6.04 Å². The maximum absolute atomic E-state index is 13.3. The van der Waals surface area contributed by atoms with Gasteiger partial charge in [-0.25, -0.2) is 8.42 Å². The van der Waals surface area contributed by atoms with E-state index in [1.807, 2.05) is 37.2 Å². The van der Waals surface area contributed by atoms with E-state index in [4.69, 9.17) is 5.73 Å². The Balaban J connectivity index is 2.35. The van der Waals surface area contributed by atoms with Crippen molar-refractivity contribution < 1.29 is 13.2 Å². The molecule has 1 atom stereocenters. The van der Waals surface area contributed by atoms with E-state index >= 15 is 0 Å². The lowest BCUT2D eigenvalue weighted by Crippen LogP contribution is -2.47. The summed E-state index contributed by atoms with van der Waals surface area (Å²) in [5.74, 6) is -0.333. The number of unbranched alkanes of at least 4 members (excludes halogenated alkanes) is 1. The second-order valence-electron chi connectivity index (χ2n) is 7.38. The number of amides is 1. The Morgan fingerprint density at radius 3 is 2.43 bits per heavy atom. The first-order valence-electron chi connectivity index (χ1n) is 10.2. The van der Waals surface area contributed by atoms with Crippen LogP contribution in [0, 0.1) is 0 Å². The van der Waals surface area contributed by atoms with Crippen molar-refractivity contribution in [2.45, 2.75) is 30.2 Å². The first kappa shape index (κ1) is 24.1. The molecule has 0 spiro atoms. The quantitative estimate of drug-likeness (QED) is 0.370. The molecule has 2 aromatic rings. The molecule has 30 heavy (non-hydrogen) atoms. The van der Waals surface area contributed by atoms with Crippen LogP contribution in [0.2, 0.25) is 0 Å². The van der Waals surface area contributed by atoms with E-state index in [1.165, 1.54) is 0 Å². The summed E-state index contributed by atoms with van der Waals surface area (Å²) in [4.78, 5) is 14.7. The lowest BCUT2D eigenvalue weighted by atomic mass is 10.1. The molecule has 2 aromatic carbocycles. The van der Waals surface area contributed by atoms with E-state index < -0.39 is 16.1 Å². The van der Waals surface area contributed by atoms with Crippen LogP contribution in [0.25, 0.3) is 10.8 Å². The Morgan fingerprint density at radius 2 is 1.77 bits per heavy atom. The zero-order chi connectivity index (χ0) is 22.1. The smallest absolute Gasteiger partial charge is 0.241 e. The second-order valence-corrected chi connectivity index (χ2v) is 9.06. The Labute approximate surface area is 179 Å². The van der Waals surface area contributed by atoms with E-state index in [9.17, 15) is 13.2 Å². The molecule has 0 aliphatic carbocycles. The predicted octanol–water partition coefficient (Wildman–Crippen LogP) is 1.02. The molecule has 8 nitrogen and oxygen atoms in total. The number of likely N-dealkylation sites (N-methyl/N-ethyl adjacent to an activating group) is 1. The molecular weight excluding hydrogens is 402 g/mol. The van der Waals surface area contributed by atoms with Gasteiger partial charge in [-0.05, 0) is 38.6 Å². The first-order chi connectivity index (χ1) is 14.3. The van der Waals surface area contributed by atoms with Crippen molar-refractivity contribution >= 4 is 32.4 Å². The fourth-order valence-corrected chi connectivity index (χ4v) is 4.76. The van der Waals surface area contributed by atoms with Crippen LogP contribution in [0.15, 0.2) is 41.3 Å². The number of fused-ring (bicyclic) bond motifs is 1. The number of hydrogen-bond acceptors (Lipinski definition) is 6. The standard InChI is InChI=1S/C21H33N5O3S/c1-23-14-15-24-21(27)18(10-4-5-13-22)25-30(28,29)20-12-7-8-16-17(20)9-6-11-19(16)26(2)3/h6-9,11-12,18,23,25H,4-5,10,13-15,22H2,1-3H3,(H,24,27)/t18-/m1/s1. The van der Waals surface area contributed by atoms with Gasteiger partial charge in [0.2, 0.25) is 15.9 Å². The van der Waals surface area contributed by atoms with Crippen LogP contribution in [-0.4, -0.2) is 61.1 Å². The summed E-state index contributed by atoms with van der Waals surface area (Å²) in [6.45, 7) is 1.52. The number of benzene rings is 2. The van der Waals surface area contributed by atoms with Crippen molar-refractivity contribution in [1.29, 1.82) is 0 Å². The highest BCUT2D eigenvalue weighted by Crippen LogP contribution is 2.30. The van der Waals surface area contributed by atoms with Gasteiger partial charge in [-0.2, -0.15) is 4.72 Å².